The van der Waals surface area contributed by atoms with E-state index in [9.17, 15) is 4.79 Å². The maximum atomic E-state index is 11.6. The number of anilines is 1. The number of esters is 1. The van der Waals surface area contributed by atoms with Gasteiger partial charge in [0.15, 0.2) is 0 Å². The predicted molar refractivity (Wildman–Crippen MR) is 86.8 cm³/mol. The van der Waals surface area contributed by atoms with E-state index in [0.717, 1.165) is 15.4 Å². The molecule has 0 amide bonds. The second-order valence-corrected chi connectivity index (χ2v) is 5.92. The normalized spacial score (nSPS) is 10.4. The Labute approximate surface area is 133 Å². The van der Waals surface area contributed by atoms with E-state index in [1.165, 1.54) is 0 Å². The largest absolute Gasteiger partial charge is 0.466 e. The third-order valence-electron chi connectivity index (χ3n) is 2.84. The summed E-state index contributed by atoms with van der Waals surface area (Å²) >= 11 is 7.41. The molecule has 0 atom stereocenters. The summed E-state index contributed by atoms with van der Waals surface area (Å²) in [4.78, 5) is 13.5. The Morgan fingerprint density at radius 1 is 1.24 bits per heavy atom. The number of nitrogens with two attached hydrogens (primary N) is 1. The molecule has 0 aliphatic rings. The maximum Gasteiger partial charge on any atom is 0.310 e. The summed E-state index contributed by atoms with van der Waals surface area (Å²) in [5.74, 6) is -0.266. The lowest BCUT2D eigenvalue weighted by Crippen LogP contribution is -2.09. The molecule has 0 spiro atoms. The standard InChI is InChI=1S/C16H16ClNO2S/c1-2-20-15(19)10-11-4-3-5-14(16(11)18)21-13-8-6-12(17)7-9-13/h3-9H,2,10,18H2,1H3. The summed E-state index contributed by atoms with van der Waals surface area (Å²) in [5.41, 5.74) is 7.55. The van der Waals surface area contributed by atoms with Crippen LogP contribution in [-0.4, -0.2) is 12.6 Å². The molecule has 3 nitrogen and oxygen atoms in total. The first-order valence-corrected chi connectivity index (χ1v) is 7.76. The summed E-state index contributed by atoms with van der Waals surface area (Å²) in [6, 6.07) is 13.2. The van der Waals surface area contributed by atoms with Crippen molar-refractivity contribution in [3.63, 3.8) is 0 Å². The molecule has 0 saturated carbocycles. The van der Waals surface area contributed by atoms with Gasteiger partial charge in [-0.2, -0.15) is 0 Å². The van der Waals surface area contributed by atoms with Crippen molar-refractivity contribution in [2.24, 2.45) is 0 Å². The van der Waals surface area contributed by atoms with Crippen molar-refractivity contribution in [2.75, 3.05) is 12.3 Å². The van der Waals surface area contributed by atoms with E-state index in [1.807, 2.05) is 42.5 Å². The lowest BCUT2D eigenvalue weighted by atomic mass is 10.1. The average molecular weight is 322 g/mol. The van der Waals surface area contributed by atoms with Crippen LogP contribution >= 0.6 is 23.4 Å². The SMILES string of the molecule is CCOC(=O)Cc1cccc(Sc2ccc(Cl)cc2)c1N. The van der Waals surface area contributed by atoms with Crippen LogP contribution in [0.3, 0.4) is 0 Å². The number of hydrogen-bond donors (Lipinski definition) is 1. The number of nitrogen functional groups attached to an aromatic ring is 1. The van der Waals surface area contributed by atoms with Crippen LogP contribution in [0.5, 0.6) is 0 Å². The molecule has 0 fully saturated rings. The molecule has 2 rings (SSSR count). The molecule has 0 radical (unpaired) electrons. The van der Waals surface area contributed by atoms with Crippen LogP contribution < -0.4 is 5.73 Å². The molecular weight excluding hydrogens is 306 g/mol. The summed E-state index contributed by atoms with van der Waals surface area (Å²) < 4.78 is 4.96. The zero-order valence-corrected chi connectivity index (χ0v) is 13.2. The Balaban J connectivity index is 2.17. The number of hydrogen-bond acceptors (Lipinski definition) is 4. The van der Waals surface area contributed by atoms with E-state index in [0.29, 0.717) is 17.3 Å². The fourth-order valence-corrected chi connectivity index (χ4v) is 2.87. The van der Waals surface area contributed by atoms with E-state index in [1.54, 1.807) is 18.7 Å². The molecule has 0 aliphatic heterocycles. The highest BCUT2D eigenvalue weighted by Gasteiger charge is 2.11. The number of para-hydroxylation sites is 1. The predicted octanol–water partition coefficient (Wildman–Crippen LogP) is 4.18. The van der Waals surface area contributed by atoms with Gasteiger partial charge in [0.05, 0.1) is 13.0 Å². The Morgan fingerprint density at radius 2 is 1.95 bits per heavy atom. The van der Waals surface area contributed by atoms with E-state index < -0.39 is 0 Å². The van der Waals surface area contributed by atoms with Crippen molar-refractivity contribution in [2.45, 2.75) is 23.1 Å². The van der Waals surface area contributed by atoms with Crippen molar-refractivity contribution in [1.29, 1.82) is 0 Å². The van der Waals surface area contributed by atoms with Crippen molar-refractivity contribution in [3.8, 4) is 0 Å². The molecule has 2 aromatic carbocycles. The minimum atomic E-state index is -0.266. The molecule has 0 heterocycles. The van der Waals surface area contributed by atoms with Crippen LogP contribution in [0.2, 0.25) is 5.02 Å². The lowest BCUT2D eigenvalue weighted by molar-refractivity contribution is -0.142. The fourth-order valence-electron chi connectivity index (χ4n) is 1.83. The van der Waals surface area contributed by atoms with E-state index in [2.05, 4.69) is 0 Å². The van der Waals surface area contributed by atoms with E-state index in [-0.39, 0.29) is 12.4 Å². The second kappa shape index (κ2) is 7.38. The van der Waals surface area contributed by atoms with Gasteiger partial charge in [0, 0.05) is 20.5 Å². The molecule has 110 valence electrons. The van der Waals surface area contributed by atoms with Gasteiger partial charge in [-0.25, -0.2) is 0 Å². The number of ether oxygens (including phenoxy) is 1. The summed E-state index contributed by atoms with van der Waals surface area (Å²) in [6.45, 7) is 2.16. The van der Waals surface area contributed by atoms with Crippen LogP contribution in [0.15, 0.2) is 52.3 Å². The van der Waals surface area contributed by atoms with E-state index >= 15 is 0 Å². The monoisotopic (exact) mass is 321 g/mol. The molecule has 2 aromatic rings. The molecule has 0 aliphatic carbocycles. The van der Waals surface area contributed by atoms with Crippen LogP contribution in [0.25, 0.3) is 0 Å². The van der Waals surface area contributed by atoms with Gasteiger partial charge in [-0.1, -0.05) is 35.5 Å². The summed E-state index contributed by atoms with van der Waals surface area (Å²) in [6.07, 6.45) is 0.189. The van der Waals surface area contributed by atoms with Crippen molar-refractivity contribution < 1.29 is 9.53 Å². The molecule has 2 N–H and O–H groups in total. The summed E-state index contributed by atoms with van der Waals surface area (Å²) in [5, 5.41) is 0.698. The van der Waals surface area contributed by atoms with Gasteiger partial charge in [-0.3, -0.25) is 4.79 Å². The third kappa shape index (κ3) is 4.41. The Morgan fingerprint density at radius 3 is 2.62 bits per heavy atom. The van der Waals surface area contributed by atoms with Crippen LogP contribution in [-0.2, 0) is 16.0 Å². The van der Waals surface area contributed by atoms with Gasteiger partial charge >= 0.3 is 5.97 Å². The first-order chi connectivity index (χ1) is 10.1. The molecule has 21 heavy (non-hydrogen) atoms. The van der Waals surface area contributed by atoms with Gasteiger partial charge in [0.25, 0.3) is 0 Å². The van der Waals surface area contributed by atoms with Crippen LogP contribution in [0.1, 0.15) is 12.5 Å². The molecule has 0 saturated heterocycles. The van der Waals surface area contributed by atoms with Gasteiger partial charge < -0.3 is 10.5 Å². The lowest BCUT2D eigenvalue weighted by Gasteiger charge is -2.10. The second-order valence-electron chi connectivity index (χ2n) is 4.37. The van der Waals surface area contributed by atoms with Crippen molar-refractivity contribution in [3.05, 3.63) is 53.1 Å². The number of carbonyl (C=O) groups is 1. The van der Waals surface area contributed by atoms with Crippen molar-refractivity contribution >= 4 is 35.0 Å². The minimum absolute atomic E-state index is 0.189. The molecule has 5 heteroatoms. The zero-order valence-electron chi connectivity index (χ0n) is 11.6. The molecule has 0 unspecified atom stereocenters. The topological polar surface area (TPSA) is 52.3 Å². The molecular formula is C16H16ClNO2S. The number of halogens is 1. The highest BCUT2D eigenvalue weighted by Crippen LogP contribution is 2.34. The van der Waals surface area contributed by atoms with Crippen molar-refractivity contribution in [1.82, 2.24) is 0 Å². The maximum absolute atomic E-state index is 11.6. The quantitative estimate of drug-likeness (QED) is 0.663. The van der Waals surface area contributed by atoms with E-state index in [4.69, 9.17) is 22.1 Å². The van der Waals surface area contributed by atoms with Gasteiger partial charge in [-0.15, -0.1) is 0 Å². The third-order valence-corrected chi connectivity index (χ3v) is 4.17. The zero-order chi connectivity index (χ0) is 15.2. The first-order valence-electron chi connectivity index (χ1n) is 6.56. The molecule has 0 aromatic heterocycles. The van der Waals surface area contributed by atoms with Crippen LogP contribution in [0.4, 0.5) is 5.69 Å². The Hall–Kier alpha value is -1.65. The minimum Gasteiger partial charge on any atom is -0.466 e. The average Bonchev–Trinajstić information content (AvgIpc) is 2.46. The number of rotatable bonds is 5. The van der Waals surface area contributed by atoms with Gasteiger partial charge in [-0.05, 0) is 42.8 Å². The number of carbonyl (C=O) groups excluding carboxylic acids is 1. The Bertz CT molecular complexity index is 629. The Kier molecular flexibility index (Phi) is 5.53. The smallest absolute Gasteiger partial charge is 0.310 e. The summed E-state index contributed by atoms with van der Waals surface area (Å²) in [7, 11) is 0. The first kappa shape index (κ1) is 15.7. The fraction of sp³-hybridized carbons (Fsp3) is 0.188. The molecule has 0 bridgehead atoms. The highest BCUT2D eigenvalue weighted by atomic mass is 35.5. The highest BCUT2D eigenvalue weighted by molar-refractivity contribution is 7.99. The van der Waals surface area contributed by atoms with Gasteiger partial charge in [0.2, 0.25) is 0 Å². The van der Waals surface area contributed by atoms with Gasteiger partial charge in [0.1, 0.15) is 0 Å². The number of benzene rings is 2. The van der Waals surface area contributed by atoms with Crippen LogP contribution in [0, 0.1) is 0 Å².